The van der Waals surface area contributed by atoms with E-state index in [9.17, 15) is 0 Å². The minimum Gasteiger partial charge on any atom is -0.316 e. The molecule has 1 fully saturated rings. The molecule has 1 aromatic heterocycles. The maximum absolute atomic E-state index is 4.51. The molecular formula is C11H19N3. The molecule has 0 radical (unpaired) electrons. The summed E-state index contributed by atoms with van der Waals surface area (Å²) in [5, 5.41) is 7.92. The normalized spacial score (nSPS) is 27.9. The molecule has 0 bridgehead atoms. The second kappa shape index (κ2) is 4.13. The van der Waals surface area contributed by atoms with Gasteiger partial charge < -0.3 is 5.32 Å². The van der Waals surface area contributed by atoms with Crippen molar-refractivity contribution in [3.05, 3.63) is 18.0 Å². The van der Waals surface area contributed by atoms with Gasteiger partial charge in [-0.05, 0) is 26.0 Å². The highest BCUT2D eigenvalue weighted by molar-refractivity contribution is 5.10. The summed E-state index contributed by atoms with van der Waals surface area (Å²) in [5.41, 5.74) is 1.26. The molecule has 1 aliphatic carbocycles. The number of aromatic nitrogens is 2. The third kappa shape index (κ3) is 1.82. The summed E-state index contributed by atoms with van der Waals surface area (Å²) >= 11 is 0. The van der Waals surface area contributed by atoms with Crippen molar-refractivity contribution >= 4 is 0 Å². The Bertz CT molecular complexity index is 292. The summed E-state index contributed by atoms with van der Waals surface area (Å²) in [5.74, 6) is 0.620. The van der Waals surface area contributed by atoms with Crippen LogP contribution in [0.5, 0.6) is 0 Å². The zero-order chi connectivity index (χ0) is 9.97. The maximum Gasteiger partial charge on any atom is 0.0670 e. The molecular weight excluding hydrogens is 174 g/mol. The fourth-order valence-electron chi connectivity index (χ4n) is 2.46. The minimum absolute atomic E-state index is 0.620. The molecule has 78 valence electrons. The monoisotopic (exact) mass is 193 g/mol. The Balaban J connectivity index is 2.14. The summed E-state index contributed by atoms with van der Waals surface area (Å²) in [6.07, 6.45) is 7.31. The van der Waals surface area contributed by atoms with Crippen molar-refractivity contribution in [1.82, 2.24) is 15.1 Å². The van der Waals surface area contributed by atoms with Gasteiger partial charge in [-0.25, -0.2) is 0 Å². The summed E-state index contributed by atoms with van der Waals surface area (Å²) in [4.78, 5) is 0. The first kappa shape index (κ1) is 9.71. The largest absolute Gasteiger partial charge is 0.316 e. The molecule has 0 saturated heterocycles. The first-order valence-corrected chi connectivity index (χ1v) is 5.48. The molecule has 0 spiro atoms. The van der Waals surface area contributed by atoms with Crippen LogP contribution in [0.3, 0.4) is 0 Å². The molecule has 2 rings (SSSR count). The van der Waals surface area contributed by atoms with E-state index in [-0.39, 0.29) is 0 Å². The molecule has 1 aliphatic rings. The van der Waals surface area contributed by atoms with Crippen molar-refractivity contribution in [2.75, 3.05) is 7.05 Å². The lowest BCUT2D eigenvalue weighted by Crippen LogP contribution is -2.34. The van der Waals surface area contributed by atoms with Crippen LogP contribution in [-0.4, -0.2) is 22.9 Å². The quantitative estimate of drug-likeness (QED) is 0.774. The number of rotatable bonds is 2. The van der Waals surface area contributed by atoms with Crippen LogP contribution in [0.25, 0.3) is 0 Å². The van der Waals surface area contributed by atoms with E-state index >= 15 is 0 Å². The number of aryl methyl sites for hydroxylation is 1. The second-order valence-electron chi connectivity index (χ2n) is 4.20. The SMILES string of the molecule is CNC1CCCCC1c1ccn(C)n1. The third-order valence-corrected chi connectivity index (χ3v) is 3.25. The van der Waals surface area contributed by atoms with Crippen molar-refractivity contribution in [2.45, 2.75) is 37.6 Å². The van der Waals surface area contributed by atoms with Gasteiger partial charge in [0.05, 0.1) is 5.69 Å². The van der Waals surface area contributed by atoms with Gasteiger partial charge >= 0.3 is 0 Å². The summed E-state index contributed by atoms with van der Waals surface area (Å²) in [6.45, 7) is 0. The standard InChI is InChI=1S/C11H19N3/c1-12-10-6-4-3-5-9(10)11-7-8-14(2)13-11/h7-10,12H,3-6H2,1-2H3. The van der Waals surface area contributed by atoms with Gasteiger partial charge in [0.1, 0.15) is 0 Å². The van der Waals surface area contributed by atoms with Crippen molar-refractivity contribution < 1.29 is 0 Å². The summed E-state index contributed by atoms with van der Waals surface area (Å²) in [7, 11) is 4.05. The molecule has 1 heterocycles. The van der Waals surface area contributed by atoms with E-state index in [1.54, 1.807) is 0 Å². The van der Waals surface area contributed by atoms with Gasteiger partial charge in [-0.1, -0.05) is 12.8 Å². The summed E-state index contributed by atoms with van der Waals surface area (Å²) < 4.78 is 1.90. The Kier molecular flexibility index (Phi) is 2.87. The maximum atomic E-state index is 4.51. The zero-order valence-corrected chi connectivity index (χ0v) is 9.03. The Morgan fingerprint density at radius 3 is 2.86 bits per heavy atom. The smallest absolute Gasteiger partial charge is 0.0670 e. The van der Waals surface area contributed by atoms with Crippen molar-refractivity contribution in [3.63, 3.8) is 0 Å². The van der Waals surface area contributed by atoms with Crippen LogP contribution in [0.2, 0.25) is 0 Å². The molecule has 1 N–H and O–H groups in total. The van der Waals surface area contributed by atoms with Gasteiger partial charge in [-0.3, -0.25) is 4.68 Å². The molecule has 14 heavy (non-hydrogen) atoms. The molecule has 1 saturated carbocycles. The van der Waals surface area contributed by atoms with Crippen molar-refractivity contribution in [2.24, 2.45) is 7.05 Å². The lowest BCUT2D eigenvalue weighted by molar-refractivity contribution is 0.338. The number of hydrogen-bond donors (Lipinski definition) is 1. The lowest BCUT2D eigenvalue weighted by Gasteiger charge is -2.29. The molecule has 3 heteroatoms. The van der Waals surface area contributed by atoms with Gasteiger partial charge in [-0.15, -0.1) is 0 Å². The van der Waals surface area contributed by atoms with Crippen molar-refractivity contribution in [1.29, 1.82) is 0 Å². The first-order chi connectivity index (χ1) is 6.81. The fourth-order valence-corrected chi connectivity index (χ4v) is 2.46. The molecule has 2 atom stereocenters. The van der Waals surface area contributed by atoms with Gasteiger partial charge in [0, 0.05) is 25.2 Å². The Hall–Kier alpha value is -0.830. The molecule has 0 amide bonds. The average Bonchev–Trinajstić information content (AvgIpc) is 2.65. The van der Waals surface area contributed by atoms with Crippen LogP contribution in [0.1, 0.15) is 37.3 Å². The molecule has 2 unspecified atom stereocenters. The Labute approximate surface area is 85.5 Å². The van der Waals surface area contributed by atoms with Gasteiger partial charge in [0.15, 0.2) is 0 Å². The Morgan fingerprint density at radius 1 is 1.43 bits per heavy atom. The van der Waals surface area contributed by atoms with Crippen LogP contribution in [0.15, 0.2) is 12.3 Å². The number of hydrogen-bond acceptors (Lipinski definition) is 2. The molecule has 3 nitrogen and oxygen atoms in total. The lowest BCUT2D eigenvalue weighted by atomic mass is 9.82. The number of nitrogens with one attached hydrogen (secondary N) is 1. The predicted octanol–water partition coefficient (Wildman–Crippen LogP) is 1.67. The predicted molar refractivity (Wildman–Crippen MR) is 57.3 cm³/mol. The van der Waals surface area contributed by atoms with Crippen molar-refractivity contribution in [3.8, 4) is 0 Å². The highest BCUT2D eigenvalue weighted by atomic mass is 15.2. The molecule has 1 aromatic rings. The van der Waals surface area contributed by atoms with Crippen LogP contribution in [0, 0.1) is 0 Å². The van der Waals surface area contributed by atoms with Gasteiger partial charge in [0.2, 0.25) is 0 Å². The van der Waals surface area contributed by atoms with Gasteiger partial charge in [0.25, 0.3) is 0 Å². The average molecular weight is 193 g/mol. The zero-order valence-electron chi connectivity index (χ0n) is 9.03. The molecule has 0 aromatic carbocycles. The van der Waals surface area contributed by atoms with Crippen LogP contribution in [-0.2, 0) is 7.05 Å². The Morgan fingerprint density at radius 2 is 2.21 bits per heavy atom. The van der Waals surface area contributed by atoms with Gasteiger partial charge in [-0.2, -0.15) is 5.10 Å². The van der Waals surface area contributed by atoms with E-state index in [2.05, 4.69) is 23.5 Å². The van der Waals surface area contributed by atoms with E-state index in [1.165, 1.54) is 31.4 Å². The topological polar surface area (TPSA) is 29.9 Å². The van der Waals surface area contributed by atoms with E-state index in [0.29, 0.717) is 12.0 Å². The number of likely N-dealkylation sites (N-methyl/N-ethyl adjacent to an activating group) is 1. The van der Waals surface area contributed by atoms with Crippen LogP contribution >= 0.6 is 0 Å². The fraction of sp³-hybridized carbons (Fsp3) is 0.727. The second-order valence-corrected chi connectivity index (χ2v) is 4.20. The van der Waals surface area contributed by atoms with E-state index in [0.717, 1.165) is 0 Å². The van der Waals surface area contributed by atoms with E-state index in [1.807, 2.05) is 17.9 Å². The third-order valence-electron chi connectivity index (χ3n) is 3.25. The number of nitrogens with zero attached hydrogens (tertiary/aromatic N) is 2. The van der Waals surface area contributed by atoms with Crippen LogP contribution in [0.4, 0.5) is 0 Å². The molecule has 0 aliphatic heterocycles. The summed E-state index contributed by atoms with van der Waals surface area (Å²) in [6, 6.07) is 2.78. The first-order valence-electron chi connectivity index (χ1n) is 5.48. The minimum atomic E-state index is 0.620. The van der Waals surface area contributed by atoms with Crippen LogP contribution < -0.4 is 5.32 Å². The van der Waals surface area contributed by atoms with E-state index < -0.39 is 0 Å². The highest BCUT2D eigenvalue weighted by Crippen LogP contribution is 2.31. The van der Waals surface area contributed by atoms with E-state index in [4.69, 9.17) is 0 Å². The highest BCUT2D eigenvalue weighted by Gasteiger charge is 2.26.